The van der Waals surface area contributed by atoms with Crippen molar-refractivity contribution >= 4 is 10.2 Å². The van der Waals surface area contributed by atoms with Crippen LogP contribution < -0.4 is 0 Å². The number of hydrogen-bond donors (Lipinski definition) is 0. The summed E-state index contributed by atoms with van der Waals surface area (Å²) in [7, 11) is -4.70. The molecule has 1 rings (SSSR count). The summed E-state index contributed by atoms with van der Waals surface area (Å²) in [6.07, 6.45) is 0. The van der Waals surface area contributed by atoms with Crippen molar-refractivity contribution in [1.82, 2.24) is 0 Å². The van der Waals surface area contributed by atoms with E-state index in [1.807, 2.05) is 6.07 Å². The van der Waals surface area contributed by atoms with E-state index in [2.05, 4.69) is 0 Å². The largest absolute Gasteiger partial charge is 0.332 e. The van der Waals surface area contributed by atoms with Crippen molar-refractivity contribution in [2.75, 3.05) is 0 Å². The molecule has 0 amide bonds. The molecule has 14 heavy (non-hydrogen) atoms. The highest BCUT2D eigenvalue weighted by Gasteiger charge is 2.18. The zero-order valence-corrected chi connectivity index (χ0v) is 8.52. The van der Waals surface area contributed by atoms with Crippen LogP contribution in [0.25, 0.3) is 0 Å². The van der Waals surface area contributed by atoms with Gasteiger partial charge < -0.3 is 0 Å². The van der Waals surface area contributed by atoms with E-state index in [9.17, 15) is 12.3 Å². The Labute approximate surface area is 82.0 Å². The average Bonchev–Trinajstić information content (AvgIpc) is 1.99. The number of nitrogens with zero attached hydrogens (tertiary/aromatic N) is 1. The Kier molecular flexibility index (Phi) is 2.58. The Bertz CT molecular complexity index is 491. The highest BCUT2D eigenvalue weighted by atomic mass is 32.3. The summed E-state index contributed by atoms with van der Waals surface area (Å²) in [6, 6.07) is 4.56. The molecule has 0 N–H and O–H groups in total. The predicted molar refractivity (Wildman–Crippen MR) is 48.9 cm³/mol. The molecule has 0 saturated carbocycles. The SMILES string of the molecule is Cc1cc(C#N)cc(C)c1S(=O)(=O)F. The third-order valence-corrected chi connectivity index (χ3v) is 2.96. The van der Waals surface area contributed by atoms with Crippen molar-refractivity contribution < 1.29 is 12.3 Å². The van der Waals surface area contributed by atoms with Crippen LogP contribution in [0.5, 0.6) is 0 Å². The molecule has 0 spiro atoms. The maximum atomic E-state index is 12.8. The monoisotopic (exact) mass is 213 g/mol. The quantitative estimate of drug-likeness (QED) is 0.669. The molecular formula is C9H8FNO2S. The van der Waals surface area contributed by atoms with Gasteiger partial charge in [-0.3, -0.25) is 0 Å². The zero-order chi connectivity index (χ0) is 10.9. The van der Waals surface area contributed by atoms with Crippen molar-refractivity contribution in [3.8, 4) is 6.07 Å². The second-order valence-electron chi connectivity index (χ2n) is 2.99. The van der Waals surface area contributed by atoms with Crippen LogP contribution in [0.15, 0.2) is 17.0 Å². The normalized spacial score (nSPS) is 11.0. The summed E-state index contributed by atoms with van der Waals surface area (Å²) < 4.78 is 34.2. The summed E-state index contributed by atoms with van der Waals surface area (Å²) in [5.74, 6) is 0. The van der Waals surface area contributed by atoms with Crippen LogP contribution >= 0.6 is 0 Å². The highest BCUT2D eigenvalue weighted by Crippen LogP contribution is 2.23. The lowest BCUT2D eigenvalue weighted by Gasteiger charge is -2.05. The smallest absolute Gasteiger partial charge is 0.192 e. The van der Waals surface area contributed by atoms with Gasteiger partial charge in [0, 0.05) is 0 Å². The molecule has 3 nitrogen and oxygen atoms in total. The van der Waals surface area contributed by atoms with Gasteiger partial charge in [0.15, 0.2) is 0 Å². The molecule has 0 heterocycles. The Morgan fingerprint density at radius 1 is 1.29 bits per heavy atom. The predicted octanol–water partition coefficient (Wildman–Crippen LogP) is 1.83. The molecule has 0 aliphatic carbocycles. The van der Waals surface area contributed by atoms with Crippen LogP contribution in [0.1, 0.15) is 16.7 Å². The van der Waals surface area contributed by atoms with E-state index in [1.165, 1.54) is 26.0 Å². The molecule has 5 heteroatoms. The first-order valence-corrected chi connectivity index (χ1v) is 5.20. The molecular weight excluding hydrogens is 205 g/mol. The van der Waals surface area contributed by atoms with Gasteiger partial charge in [-0.05, 0) is 37.1 Å². The fourth-order valence-electron chi connectivity index (χ4n) is 1.40. The number of hydrogen-bond acceptors (Lipinski definition) is 3. The van der Waals surface area contributed by atoms with Gasteiger partial charge in [-0.2, -0.15) is 13.7 Å². The maximum absolute atomic E-state index is 12.8. The van der Waals surface area contributed by atoms with E-state index in [4.69, 9.17) is 5.26 Å². The van der Waals surface area contributed by atoms with Gasteiger partial charge in [0.25, 0.3) is 0 Å². The minimum atomic E-state index is -4.70. The minimum Gasteiger partial charge on any atom is -0.192 e. The molecule has 0 unspecified atom stereocenters. The van der Waals surface area contributed by atoms with Gasteiger partial charge in [-0.25, -0.2) is 0 Å². The van der Waals surface area contributed by atoms with E-state index in [0.29, 0.717) is 5.56 Å². The first kappa shape index (κ1) is 10.7. The number of halogens is 1. The van der Waals surface area contributed by atoms with E-state index in [-0.39, 0.29) is 16.0 Å². The van der Waals surface area contributed by atoms with Gasteiger partial charge in [-0.15, -0.1) is 3.89 Å². The number of nitriles is 1. The second-order valence-corrected chi connectivity index (χ2v) is 4.27. The zero-order valence-electron chi connectivity index (χ0n) is 7.70. The van der Waals surface area contributed by atoms with Crippen LogP contribution in [0.2, 0.25) is 0 Å². The summed E-state index contributed by atoms with van der Waals surface area (Å²) in [4.78, 5) is -0.337. The Balaban J connectivity index is 3.59. The Morgan fingerprint density at radius 2 is 1.71 bits per heavy atom. The first-order valence-electron chi connectivity index (χ1n) is 3.82. The molecule has 0 bridgehead atoms. The van der Waals surface area contributed by atoms with Crippen LogP contribution in [-0.4, -0.2) is 8.42 Å². The fraction of sp³-hybridized carbons (Fsp3) is 0.222. The van der Waals surface area contributed by atoms with E-state index >= 15 is 0 Å². The third kappa shape index (κ3) is 1.91. The molecule has 0 aromatic heterocycles. The summed E-state index contributed by atoms with van der Waals surface area (Å²) in [6.45, 7) is 2.92. The molecule has 0 atom stereocenters. The number of rotatable bonds is 1. The van der Waals surface area contributed by atoms with E-state index in [1.54, 1.807) is 0 Å². The first-order chi connectivity index (χ1) is 6.36. The molecule has 1 aromatic carbocycles. The molecule has 0 saturated heterocycles. The summed E-state index contributed by atoms with van der Waals surface area (Å²) >= 11 is 0. The van der Waals surface area contributed by atoms with Crippen molar-refractivity contribution in [1.29, 1.82) is 5.26 Å². The highest BCUT2D eigenvalue weighted by molar-refractivity contribution is 7.86. The molecule has 74 valence electrons. The fourth-order valence-corrected chi connectivity index (χ4v) is 2.29. The lowest BCUT2D eigenvalue weighted by molar-refractivity contribution is 0.550. The molecule has 0 fully saturated rings. The maximum Gasteiger partial charge on any atom is 0.332 e. The van der Waals surface area contributed by atoms with Crippen LogP contribution in [-0.2, 0) is 10.2 Å². The second kappa shape index (κ2) is 3.39. The van der Waals surface area contributed by atoms with Gasteiger partial charge in [-0.1, -0.05) is 0 Å². The van der Waals surface area contributed by atoms with E-state index < -0.39 is 10.2 Å². The van der Waals surface area contributed by atoms with Crippen molar-refractivity contribution in [2.24, 2.45) is 0 Å². The lowest BCUT2D eigenvalue weighted by atomic mass is 10.1. The molecule has 0 aliphatic rings. The van der Waals surface area contributed by atoms with Gasteiger partial charge in [0.2, 0.25) is 0 Å². The molecule has 1 aromatic rings. The van der Waals surface area contributed by atoms with Gasteiger partial charge in [0.05, 0.1) is 11.6 Å². The van der Waals surface area contributed by atoms with Crippen molar-refractivity contribution in [3.05, 3.63) is 28.8 Å². The third-order valence-electron chi connectivity index (χ3n) is 1.83. The Morgan fingerprint density at radius 3 is 2.00 bits per heavy atom. The summed E-state index contributed by atoms with van der Waals surface area (Å²) in [5, 5.41) is 8.59. The minimum absolute atomic E-state index is 0.254. The number of aryl methyl sites for hydroxylation is 2. The number of benzene rings is 1. The van der Waals surface area contributed by atoms with Crippen molar-refractivity contribution in [2.45, 2.75) is 18.7 Å². The summed E-state index contributed by atoms with van der Waals surface area (Å²) in [5.41, 5.74) is 0.834. The topological polar surface area (TPSA) is 57.9 Å². The average molecular weight is 213 g/mol. The lowest BCUT2D eigenvalue weighted by Crippen LogP contribution is -1.99. The van der Waals surface area contributed by atoms with E-state index in [0.717, 1.165) is 0 Å². The van der Waals surface area contributed by atoms with Crippen molar-refractivity contribution in [3.63, 3.8) is 0 Å². The Hall–Kier alpha value is -1.41. The van der Waals surface area contributed by atoms with Gasteiger partial charge >= 0.3 is 10.2 Å². The van der Waals surface area contributed by atoms with Crippen LogP contribution in [0.3, 0.4) is 0 Å². The standard InChI is InChI=1S/C9H8FNO2S/c1-6-3-8(5-11)4-7(2)9(6)14(10,12)13/h3-4H,1-2H3. The molecule has 0 radical (unpaired) electrons. The molecule has 0 aliphatic heterocycles. The van der Waals surface area contributed by atoms with Crippen LogP contribution in [0, 0.1) is 25.2 Å². The van der Waals surface area contributed by atoms with Crippen LogP contribution in [0.4, 0.5) is 3.89 Å². The van der Waals surface area contributed by atoms with Gasteiger partial charge in [0.1, 0.15) is 4.90 Å².